The number of hydrogen-bond donors (Lipinski definition) is 0. The zero-order valence-corrected chi connectivity index (χ0v) is 18.5. The van der Waals surface area contributed by atoms with Gasteiger partial charge in [-0.1, -0.05) is 0 Å². The minimum absolute atomic E-state index is 0.162. The number of aryl methyl sites for hydroxylation is 1. The van der Waals surface area contributed by atoms with Gasteiger partial charge in [-0.05, 0) is 0 Å². The van der Waals surface area contributed by atoms with E-state index in [1.807, 2.05) is 6.08 Å². The van der Waals surface area contributed by atoms with Crippen molar-refractivity contribution in [3.05, 3.63) is 114 Å². The Labute approximate surface area is 180 Å². The fourth-order valence-electron chi connectivity index (χ4n) is 3.90. The second kappa shape index (κ2) is 9.56. The minimum atomic E-state index is 0.162. The molecule has 2 nitrogen and oxygen atoms in total. The maximum absolute atomic E-state index is 6.41. The predicted molar refractivity (Wildman–Crippen MR) is 121 cm³/mol. The fourth-order valence-corrected chi connectivity index (χ4v) is 6.41. The van der Waals surface area contributed by atoms with Crippen LogP contribution in [0.4, 0.5) is 0 Å². The van der Waals surface area contributed by atoms with E-state index in [2.05, 4.69) is 103 Å². The molecule has 0 aromatic heterocycles. The molecular weight excluding hydrogens is 421 g/mol. The Morgan fingerprint density at radius 3 is 2.31 bits per heavy atom. The molecule has 148 valence electrons. The van der Waals surface area contributed by atoms with Crippen LogP contribution >= 0.6 is 0 Å². The molecule has 1 fully saturated rings. The molecule has 3 atom stereocenters. The van der Waals surface area contributed by atoms with E-state index in [-0.39, 0.29) is 12.1 Å². The van der Waals surface area contributed by atoms with E-state index in [1.54, 1.807) is 0 Å². The molecule has 0 spiro atoms. The first kappa shape index (κ1) is 20.1. The topological polar surface area (TPSA) is 12.5 Å². The Balaban J connectivity index is 1.68. The Bertz CT molecular complexity index is 910. The van der Waals surface area contributed by atoms with Gasteiger partial charge in [0.15, 0.2) is 0 Å². The van der Waals surface area contributed by atoms with Crippen LogP contribution in [0.25, 0.3) is 0 Å². The van der Waals surface area contributed by atoms with E-state index in [0.29, 0.717) is 19.8 Å². The van der Waals surface area contributed by atoms with Crippen molar-refractivity contribution in [2.24, 2.45) is 0 Å². The van der Waals surface area contributed by atoms with Gasteiger partial charge >= 0.3 is 180 Å². The van der Waals surface area contributed by atoms with E-state index < -0.39 is 0 Å². The molecule has 29 heavy (non-hydrogen) atoms. The number of benzene rings is 3. The summed E-state index contributed by atoms with van der Waals surface area (Å²) in [7, 11) is 0. The monoisotopic (exact) mass is 449 g/mol. The number of hydrogen-bond acceptors (Lipinski definition) is 2. The average molecular weight is 448 g/mol. The van der Waals surface area contributed by atoms with Crippen molar-refractivity contribution in [3.8, 4) is 0 Å². The summed E-state index contributed by atoms with van der Waals surface area (Å²) in [5, 5.41) is 2.25. The van der Waals surface area contributed by atoms with E-state index in [9.17, 15) is 0 Å². The van der Waals surface area contributed by atoms with Crippen LogP contribution in [0.15, 0.2) is 97.6 Å². The number of rotatable bonds is 7. The van der Waals surface area contributed by atoms with Gasteiger partial charge in [0.1, 0.15) is 0 Å². The maximum atomic E-state index is 6.41. The molecule has 3 heteroatoms. The number of hydroxylamine groups is 2. The van der Waals surface area contributed by atoms with Gasteiger partial charge in [0.2, 0.25) is 0 Å². The van der Waals surface area contributed by atoms with E-state index >= 15 is 0 Å². The van der Waals surface area contributed by atoms with Gasteiger partial charge in [-0.3, -0.25) is 0 Å². The Morgan fingerprint density at radius 2 is 1.66 bits per heavy atom. The molecular formula is C26H27NOSe. The van der Waals surface area contributed by atoms with Crippen molar-refractivity contribution >= 4 is 19.4 Å². The van der Waals surface area contributed by atoms with Gasteiger partial charge in [-0.2, -0.15) is 0 Å². The molecule has 4 rings (SSSR count). The van der Waals surface area contributed by atoms with Crippen LogP contribution in [0.3, 0.4) is 0 Å². The first-order valence-electron chi connectivity index (χ1n) is 10.1. The summed E-state index contributed by atoms with van der Waals surface area (Å²) in [6.45, 7) is 6.91. The second-order valence-electron chi connectivity index (χ2n) is 7.43. The van der Waals surface area contributed by atoms with Crippen LogP contribution in [-0.2, 0) is 4.84 Å². The first-order valence-corrected chi connectivity index (χ1v) is 12.0. The van der Waals surface area contributed by atoms with Crippen molar-refractivity contribution in [2.45, 2.75) is 30.2 Å². The third-order valence-corrected chi connectivity index (χ3v) is 7.95. The van der Waals surface area contributed by atoms with Crippen LogP contribution in [0.5, 0.6) is 0 Å². The quantitative estimate of drug-likeness (QED) is 0.354. The molecule has 1 heterocycles. The van der Waals surface area contributed by atoms with Crippen LogP contribution < -0.4 is 4.46 Å². The van der Waals surface area contributed by atoms with E-state index in [4.69, 9.17) is 4.84 Å². The molecule has 0 N–H and O–H groups in total. The van der Waals surface area contributed by atoms with Gasteiger partial charge in [-0.15, -0.1) is 0 Å². The second-order valence-corrected chi connectivity index (χ2v) is 10.2. The van der Waals surface area contributed by atoms with Crippen molar-refractivity contribution in [2.75, 3.05) is 6.61 Å². The number of nitrogens with zero attached hydrogens (tertiary/aromatic N) is 1. The Morgan fingerprint density at radius 1 is 1.00 bits per heavy atom. The van der Waals surface area contributed by atoms with Crippen molar-refractivity contribution in [1.29, 1.82) is 0 Å². The average Bonchev–Trinajstić information content (AvgIpc) is 3.17. The van der Waals surface area contributed by atoms with Crippen LogP contribution in [0.1, 0.15) is 35.2 Å². The molecule has 0 saturated carbocycles. The summed E-state index contributed by atoms with van der Waals surface area (Å²) >= 11 is 0.336. The van der Waals surface area contributed by atoms with Crippen molar-refractivity contribution in [1.82, 2.24) is 5.06 Å². The third kappa shape index (κ3) is 4.71. The van der Waals surface area contributed by atoms with Crippen LogP contribution in [-0.4, -0.2) is 26.6 Å². The summed E-state index contributed by atoms with van der Waals surface area (Å²) in [6.07, 6.45) is 2.86. The summed E-state index contributed by atoms with van der Waals surface area (Å²) in [5.41, 5.74) is 3.89. The third-order valence-electron chi connectivity index (χ3n) is 5.35. The molecule has 1 aliphatic rings. The normalized spacial score (nSPS) is 20.4. The molecule has 3 aromatic rings. The van der Waals surface area contributed by atoms with Gasteiger partial charge in [0.25, 0.3) is 0 Å². The predicted octanol–water partition coefficient (Wildman–Crippen LogP) is 5.42. The Kier molecular flexibility index (Phi) is 6.63. The van der Waals surface area contributed by atoms with E-state index in [0.717, 1.165) is 13.0 Å². The summed E-state index contributed by atoms with van der Waals surface area (Å²) in [5.74, 6) is 0. The van der Waals surface area contributed by atoms with Gasteiger partial charge < -0.3 is 0 Å². The SMILES string of the molecule is C=CCC(c1ccc(C)cc1)N1OC[C@@H]([Se]c2ccccc2)[C@@H]1c1ccccc1. The van der Waals surface area contributed by atoms with Crippen LogP contribution in [0.2, 0.25) is 4.82 Å². The van der Waals surface area contributed by atoms with Crippen LogP contribution in [0, 0.1) is 6.92 Å². The van der Waals surface area contributed by atoms with E-state index in [1.165, 1.54) is 21.2 Å². The first-order chi connectivity index (χ1) is 14.3. The zero-order valence-electron chi connectivity index (χ0n) is 16.8. The molecule has 0 bridgehead atoms. The van der Waals surface area contributed by atoms with Crippen molar-refractivity contribution < 1.29 is 4.84 Å². The molecule has 1 unspecified atom stereocenters. The molecule has 0 aliphatic carbocycles. The summed E-state index contributed by atoms with van der Waals surface area (Å²) in [6, 6.07) is 30.9. The van der Waals surface area contributed by atoms with Gasteiger partial charge in [0.05, 0.1) is 0 Å². The van der Waals surface area contributed by atoms with Crippen molar-refractivity contribution in [3.63, 3.8) is 0 Å². The molecule has 1 aliphatic heterocycles. The molecule has 1 saturated heterocycles. The summed E-state index contributed by atoms with van der Waals surface area (Å²) < 4.78 is 1.42. The Hall–Kier alpha value is -2.16. The van der Waals surface area contributed by atoms with Gasteiger partial charge in [-0.25, -0.2) is 0 Å². The standard InChI is InChI=1S/C26H27NOSe/c1-3-10-24(21-17-15-20(2)16-18-21)27-26(22-11-6-4-7-12-22)25(19-28-27)29-23-13-8-5-9-14-23/h3-9,11-18,24-26H,1,10,19H2,2H3/t24?,25-,26+/m1/s1. The molecule has 0 radical (unpaired) electrons. The fraction of sp³-hybridized carbons (Fsp3) is 0.231. The zero-order chi connectivity index (χ0) is 20.1. The van der Waals surface area contributed by atoms with Gasteiger partial charge in [0, 0.05) is 0 Å². The molecule has 3 aromatic carbocycles. The summed E-state index contributed by atoms with van der Waals surface area (Å²) in [4.78, 5) is 6.87. The molecule has 0 amide bonds.